The maximum absolute atomic E-state index is 2.52. The van der Waals surface area contributed by atoms with E-state index in [1.165, 1.54) is 31.6 Å². The van der Waals surface area contributed by atoms with Crippen molar-refractivity contribution in [1.82, 2.24) is 4.90 Å². The smallest absolute Gasteiger partial charge is 0.0447 e. The molecule has 1 aliphatic carbocycles. The molecule has 0 N–H and O–H groups in total. The van der Waals surface area contributed by atoms with Gasteiger partial charge in [-0.1, -0.05) is 12.8 Å². The van der Waals surface area contributed by atoms with E-state index in [0.29, 0.717) is 0 Å². The molecule has 1 saturated carbocycles. The van der Waals surface area contributed by atoms with E-state index in [-0.39, 0.29) is 0 Å². The number of fused-ring (bicyclic) bond motifs is 1. The van der Waals surface area contributed by atoms with Crippen molar-refractivity contribution in [3.8, 4) is 0 Å². The molecule has 0 aromatic carbocycles. The van der Waals surface area contributed by atoms with Crippen molar-refractivity contribution in [3.63, 3.8) is 0 Å². The Labute approximate surface area is 67.2 Å². The highest BCUT2D eigenvalue weighted by molar-refractivity contribution is 8.00. The van der Waals surface area contributed by atoms with Crippen molar-refractivity contribution >= 4 is 11.8 Å². The molecule has 2 atom stereocenters. The minimum absolute atomic E-state index is 0.929. The lowest BCUT2D eigenvalue weighted by Crippen LogP contribution is -2.34. The standard InChI is InChI=1S/C8H15NS/c1-9-6-10-8-5-3-2-4-7(8)9/h7-8H,2-6H2,1H3. The summed E-state index contributed by atoms with van der Waals surface area (Å²) in [5.74, 6) is 1.27. The van der Waals surface area contributed by atoms with E-state index in [1.807, 2.05) is 0 Å². The second-order valence-corrected chi connectivity index (χ2v) is 4.64. The maximum atomic E-state index is 2.52. The molecule has 0 amide bonds. The lowest BCUT2D eigenvalue weighted by molar-refractivity contribution is 0.248. The molecular formula is C8H15NS. The third-order valence-corrected chi connectivity index (χ3v) is 4.26. The van der Waals surface area contributed by atoms with E-state index in [1.54, 1.807) is 0 Å². The van der Waals surface area contributed by atoms with Crippen molar-refractivity contribution in [3.05, 3.63) is 0 Å². The summed E-state index contributed by atoms with van der Waals surface area (Å²) in [5.41, 5.74) is 0. The Balaban J connectivity index is 2.01. The molecule has 2 heteroatoms. The average molecular weight is 157 g/mol. The number of thioether (sulfide) groups is 1. The molecule has 0 aromatic heterocycles. The van der Waals surface area contributed by atoms with Crippen molar-refractivity contribution < 1.29 is 0 Å². The van der Waals surface area contributed by atoms with Gasteiger partial charge in [0, 0.05) is 17.2 Å². The van der Waals surface area contributed by atoms with Crippen molar-refractivity contribution in [2.24, 2.45) is 0 Å². The largest absolute Gasteiger partial charge is 0.293 e. The SMILES string of the molecule is CN1CSC2CCCCC21. The topological polar surface area (TPSA) is 3.24 Å². The first kappa shape index (κ1) is 6.99. The number of hydrogen-bond donors (Lipinski definition) is 0. The summed E-state index contributed by atoms with van der Waals surface area (Å²) in [4.78, 5) is 2.52. The summed E-state index contributed by atoms with van der Waals surface area (Å²) in [6.07, 6.45) is 5.86. The van der Waals surface area contributed by atoms with Gasteiger partial charge in [-0.15, -0.1) is 11.8 Å². The van der Waals surface area contributed by atoms with Crippen molar-refractivity contribution in [2.45, 2.75) is 37.0 Å². The predicted molar refractivity (Wildman–Crippen MR) is 46.3 cm³/mol. The Hall–Kier alpha value is 0.310. The van der Waals surface area contributed by atoms with Crippen LogP contribution in [0.25, 0.3) is 0 Å². The predicted octanol–water partition coefficient (Wildman–Crippen LogP) is 1.93. The fraction of sp³-hybridized carbons (Fsp3) is 1.00. The van der Waals surface area contributed by atoms with Gasteiger partial charge in [-0.3, -0.25) is 4.90 Å². The molecule has 1 saturated heterocycles. The molecular weight excluding hydrogens is 142 g/mol. The molecule has 0 bridgehead atoms. The summed E-state index contributed by atoms with van der Waals surface area (Å²) in [5, 5.41) is 0.985. The lowest BCUT2D eigenvalue weighted by Gasteiger charge is -2.27. The van der Waals surface area contributed by atoms with Gasteiger partial charge < -0.3 is 0 Å². The molecule has 58 valence electrons. The summed E-state index contributed by atoms with van der Waals surface area (Å²) < 4.78 is 0. The van der Waals surface area contributed by atoms with E-state index < -0.39 is 0 Å². The van der Waals surface area contributed by atoms with Gasteiger partial charge in [0.15, 0.2) is 0 Å². The van der Waals surface area contributed by atoms with Crippen LogP contribution in [-0.4, -0.2) is 29.1 Å². The molecule has 0 radical (unpaired) electrons. The first-order valence-electron chi connectivity index (χ1n) is 4.20. The molecule has 2 rings (SSSR count). The highest BCUT2D eigenvalue weighted by atomic mass is 32.2. The number of hydrogen-bond acceptors (Lipinski definition) is 2. The minimum Gasteiger partial charge on any atom is -0.293 e. The number of rotatable bonds is 0. The fourth-order valence-electron chi connectivity index (χ4n) is 2.08. The third kappa shape index (κ3) is 1.08. The highest BCUT2D eigenvalue weighted by Gasteiger charge is 2.33. The fourth-order valence-corrected chi connectivity index (χ4v) is 3.60. The molecule has 2 aliphatic rings. The number of nitrogens with zero attached hydrogens (tertiary/aromatic N) is 1. The van der Waals surface area contributed by atoms with Crippen LogP contribution < -0.4 is 0 Å². The van der Waals surface area contributed by atoms with Gasteiger partial charge in [0.1, 0.15) is 0 Å². The molecule has 1 aliphatic heterocycles. The maximum Gasteiger partial charge on any atom is 0.0447 e. The van der Waals surface area contributed by atoms with Crippen LogP contribution in [0.15, 0.2) is 0 Å². The van der Waals surface area contributed by atoms with Gasteiger partial charge in [0.05, 0.1) is 0 Å². The quantitative estimate of drug-likeness (QED) is 0.528. The van der Waals surface area contributed by atoms with Crippen LogP contribution in [0.1, 0.15) is 25.7 Å². The van der Waals surface area contributed by atoms with Gasteiger partial charge in [0.25, 0.3) is 0 Å². The zero-order chi connectivity index (χ0) is 6.97. The second-order valence-electron chi connectivity index (χ2n) is 3.44. The monoisotopic (exact) mass is 157 g/mol. The van der Waals surface area contributed by atoms with E-state index in [0.717, 1.165) is 11.3 Å². The molecule has 2 fully saturated rings. The first-order valence-corrected chi connectivity index (χ1v) is 5.24. The van der Waals surface area contributed by atoms with E-state index >= 15 is 0 Å². The van der Waals surface area contributed by atoms with Crippen molar-refractivity contribution in [2.75, 3.05) is 12.9 Å². The second kappa shape index (κ2) is 2.74. The van der Waals surface area contributed by atoms with Crippen molar-refractivity contribution in [1.29, 1.82) is 0 Å². The minimum atomic E-state index is 0.929. The zero-order valence-corrected chi connectivity index (χ0v) is 7.36. The van der Waals surface area contributed by atoms with E-state index in [9.17, 15) is 0 Å². The molecule has 0 aromatic rings. The van der Waals surface area contributed by atoms with E-state index in [4.69, 9.17) is 0 Å². The van der Waals surface area contributed by atoms with Gasteiger partial charge in [-0.2, -0.15) is 0 Å². The van der Waals surface area contributed by atoms with Gasteiger partial charge in [0.2, 0.25) is 0 Å². The van der Waals surface area contributed by atoms with Gasteiger partial charge in [-0.25, -0.2) is 0 Å². The zero-order valence-electron chi connectivity index (χ0n) is 6.55. The molecule has 0 spiro atoms. The normalized spacial score (nSPS) is 41.7. The molecule has 2 unspecified atom stereocenters. The summed E-state index contributed by atoms with van der Waals surface area (Å²) in [6, 6.07) is 0.929. The van der Waals surface area contributed by atoms with Crippen LogP contribution in [0.3, 0.4) is 0 Å². The molecule has 1 heterocycles. The Bertz CT molecular complexity index is 124. The first-order chi connectivity index (χ1) is 4.88. The van der Waals surface area contributed by atoms with Gasteiger partial charge in [-0.05, 0) is 19.9 Å². The van der Waals surface area contributed by atoms with Crippen LogP contribution in [0.4, 0.5) is 0 Å². The molecule has 10 heavy (non-hydrogen) atoms. The van der Waals surface area contributed by atoms with Crippen LogP contribution in [0.5, 0.6) is 0 Å². The lowest BCUT2D eigenvalue weighted by atomic mass is 9.94. The Morgan fingerprint density at radius 1 is 1.30 bits per heavy atom. The Morgan fingerprint density at radius 2 is 2.10 bits per heavy atom. The van der Waals surface area contributed by atoms with Gasteiger partial charge >= 0.3 is 0 Å². The van der Waals surface area contributed by atoms with Crippen LogP contribution in [0.2, 0.25) is 0 Å². The Kier molecular flexibility index (Phi) is 1.92. The summed E-state index contributed by atoms with van der Waals surface area (Å²) in [6.45, 7) is 0. The average Bonchev–Trinajstić information content (AvgIpc) is 2.34. The van der Waals surface area contributed by atoms with Crippen LogP contribution in [0, 0.1) is 0 Å². The highest BCUT2D eigenvalue weighted by Crippen LogP contribution is 2.37. The van der Waals surface area contributed by atoms with E-state index in [2.05, 4.69) is 23.7 Å². The molecule has 1 nitrogen and oxygen atoms in total. The van der Waals surface area contributed by atoms with Crippen LogP contribution >= 0.6 is 11.8 Å². The third-order valence-electron chi connectivity index (χ3n) is 2.73. The van der Waals surface area contributed by atoms with Crippen LogP contribution in [-0.2, 0) is 0 Å². The summed E-state index contributed by atoms with van der Waals surface area (Å²) >= 11 is 2.16. The summed E-state index contributed by atoms with van der Waals surface area (Å²) in [7, 11) is 2.27. The Morgan fingerprint density at radius 3 is 2.90 bits per heavy atom.